The van der Waals surface area contributed by atoms with Gasteiger partial charge in [0.2, 0.25) is 0 Å². The first-order valence-corrected chi connectivity index (χ1v) is 5.68. The van der Waals surface area contributed by atoms with E-state index in [0.717, 1.165) is 25.3 Å². The minimum Gasteiger partial charge on any atom is -0.497 e. The van der Waals surface area contributed by atoms with E-state index in [4.69, 9.17) is 9.47 Å². The molecule has 0 bridgehead atoms. The van der Waals surface area contributed by atoms with E-state index in [-0.39, 0.29) is 0 Å². The molecule has 1 atom stereocenters. The summed E-state index contributed by atoms with van der Waals surface area (Å²) >= 11 is 0. The molecule has 0 fully saturated rings. The van der Waals surface area contributed by atoms with E-state index >= 15 is 0 Å². The lowest BCUT2D eigenvalue weighted by molar-refractivity contribution is 0.183. The number of nitrogens with one attached hydrogen (secondary N) is 1. The van der Waals surface area contributed by atoms with Crippen LogP contribution in [0.5, 0.6) is 5.75 Å². The molecule has 16 heavy (non-hydrogen) atoms. The topological polar surface area (TPSA) is 30.5 Å². The average Bonchev–Trinajstić information content (AvgIpc) is 2.34. The SMILES string of the molecule is CCNC(CCOC)c1cccc(OC)c1. The van der Waals surface area contributed by atoms with Crippen molar-refractivity contribution in [3.63, 3.8) is 0 Å². The summed E-state index contributed by atoms with van der Waals surface area (Å²) in [5.41, 5.74) is 1.25. The molecule has 0 spiro atoms. The van der Waals surface area contributed by atoms with Crippen molar-refractivity contribution < 1.29 is 9.47 Å². The molecule has 3 nitrogen and oxygen atoms in total. The first-order valence-electron chi connectivity index (χ1n) is 5.68. The summed E-state index contributed by atoms with van der Waals surface area (Å²) in [6.07, 6.45) is 0.970. The van der Waals surface area contributed by atoms with Crippen molar-refractivity contribution in [2.24, 2.45) is 0 Å². The van der Waals surface area contributed by atoms with Crippen LogP contribution in [0.4, 0.5) is 0 Å². The van der Waals surface area contributed by atoms with E-state index in [1.165, 1.54) is 5.56 Å². The van der Waals surface area contributed by atoms with Crippen LogP contribution in [0.3, 0.4) is 0 Å². The lowest BCUT2D eigenvalue weighted by atomic mass is 10.0. The largest absolute Gasteiger partial charge is 0.497 e. The number of hydrogen-bond donors (Lipinski definition) is 1. The van der Waals surface area contributed by atoms with Gasteiger partial charge < -0.3 is 14.8 Å². The second kappa shape index (κ2) is 7.25. The molecule has 0 heterocycles. The Morgan fingerprint density at radius 1 is 1.31 bits per heavy atom. The summed E-state index contributed by atoms with van der Waals surface area (Å²) in [5.74, 6) is 0.901. The number of rotatable bonds is 7. The van der Waals surface area contributed by atoms with Crippen LogP contribution < -0.4 is 10.1 Å². The van der Waals surface area contributed by atoms with Gasteiger partial charge in [0.05, 0.1) is 7.11 Å². The molecule has 0 aliphatic carbocycles. The van der Waals surface area contributed by atoms with Gasteiger partial charge in [-0.05, 0) is 30.7 Å². The fourth-order valence-electron chi connectivity index (χ4n) is 1.73. The number of benzene rings is 1. The number of hydrogen-bond acceptors (Lipinski definition) is 3. The van der Waals surface area contributed by atoms with Gasteiger partial charge >= 0.3 is 0 Å². The molecule has 1 N–H and O–H groups in total. The van der Waals surface area contributed by atoms with E-state index in [1.807, 2.05) is 12.1 Å². The predicted octanol–water partition coefficient (Wildman–Crippen LogP) is 2.38. The second-order valence-corrected chi connectivity index (χ2v) is 3.67. The standard InChI is InChI=1S/C13H21NO2/c1-4-14-13(8-9-15-2)11-6-5-7-12(10-11)16-3/h5-7,10,13-14H,4,8-9H2,1-3H3. The van der Waals surface area contributed by atoms with Gasteiger partial charge in [-0.15, -0.1) is 0 Å². The van der Waals surface area contributed by atoms with Crippen LogP contribution in [0.25, 0.3) is 0 Å². The Balaban J connectivity index is 2.73. The maximum absolute atomic E-state index is 5.23. The summed E-state index contributed by atoms with van der Waals surface area (Å²) < 4.78 is 10.4. The Kier molecular flexibility index (Phi) is 5.90. The number of methoxy groups -OCH3 is 2. The Morgan fingerprint density at radius 2 is 2.12 bits per heavy atom. The van der Waals surface area contributed by atoms with Crippen LogP contribution in [0.1, 0.15) is 24.9 Å². The fourth-order valence-corrected chi connectivity index (χ4v) is 1.73. The Bertz CT molecular complexity index is 302. The van der Waals surface area contributed by atoms with E-state index in [1.54, 1.807) is 14.2 Å². The van der Waals surface area contributed by atoms with Crippen molar-refractivity contribution in [1.82, 2.24) is 5.32 Å². The molecule has 0 saturated carbocycles. The monoisotopic (exact) mass is 223 g/mol. The van der Waals surface area contributed by atoms with Gasteiger partial charge in [0.25, 0.3) is 0 Å². The zero-order chi connectivity index (χ0) is 11.8. The van der Waals surface area contributed by atoms with Crippen molar-refractivity contribution in [2.45, 2.75) is 19.4 Å². The van der Waals surface area contributed by atoms with E-state index in [2.05, 4.69) is 24.4 Å². The molecule has 0 saturated heterocycles. The van der Waals surface area contributed by atoms with Crippen molar-refractivity contribution in [1.29, 1.82) is 0 Å². The van der Waals surface area contributed by atoms with Crippen LogP contribution in [-0.4, -0.2) is 27.4 Å². The van der Waals surface area contributed by atoms with Gasteiger partial charge in [-0.25, -0.2) is 0 Å². The van der Waals surface area contributed by atoms with Crippen LogP contribution >= 0.6 is 0 Å². The summed E-state index contributed by atoms with van der Waals surface area (Å²) in [6, 6.07) is 8.50. The van der Waals surface area contributed by atoms with Crippen LogP contribution in [-0.2, 0) is 4.74 Å². The average molecular weight is 223 g/mol. The maximum Gasteiger partial charge on any atom is 0.119 e. The molecule has 1 aromatic rings. The summed E-state index contributed by atoms with van der Waals surface area (Å²) in [4.78, 5) is 0. The van der Waals surface area contributed by atoms with Crippen LogP contribution in [0.2, 0.25) is 0 Å². The first kappa shape index (κ1) is 13.0. The third kappa shape index (κ3) is 3.83. The first-order chi connectivity index (χ1) is 7.81. The molecule has 0 radical (unpaired) electrons. The lowest BCUT2D eigenvalue weighted by Gasteiger charge is -2.18. The second-order valence-electron chi connectivity index (χ2n) is 3.67. The quantitative estimate of drug-likeness (QED) is 0.770. The highest BCUT2D eigenvalue weighted by molar-refractivity contribution is 5.30. The van der Waals surface area contributed by atoms with Gasteiger partial charge in [-0.3, -0.25) is 0 Å². The molecular formula is C13H21NO2. The summed E-state index contributed by atoms with van der Waals surface area (Å²) in [5, 5.41) is 3.45. The van der Waals surface area contributed by atoms with Crippen LogP contribution in [0.15, 0.2) is 24.3 Å². The predicted molar refractivity (Wildman–Crippen MR) is 65.9 cm³/mol. The highest BCUT2D eigenvalue weighted by Gasteiger charge is 2.10. The van der Waals surface area contributed by atoms with E-state index in [0.29, 0.717) is 6.04 Å². The van der Waals surface area contributed by atoms with Gasteiger partial charge in [-0.2, -0.15) is 0 Å². The van der Waals surface area contributed by atoms with E-state index in [9.17, 15) is 0 Å². The van der Waals surface area contributed by atoms with Gasteiger partial charge in [-0.1, -0.05) is 19.1 Å². The zero-order valence-corrected chi connectivity index (χ0v) is 10.3. The van der Waals surface area contributed by atoms with Crippen molar-refractivity contribution in [3.05, 3.63) is 29.8 Å². The highest BCUT2D eigenvalue weighted by Crippen LogP contribution is 2.21. The number of ether oxygens (including phenoxy) is 2. The smallest absolute Gasteiger partial charge is 0.119 e. The summed E-state index contributed by atoms with van der Waals surface area (Å²) in [6.45, 7) is 3.82. The Labute approximate surface area is 97.8 Å². The van der Waals surface area contributed by atoms with Gasteiger partial charge in [0.1, 0.15) is 5.75 Å². The maximum atomic E-state index is 5.23. The van der Waals surface area contributed by atoms with Gasteiger partial charge in [0, 0.05) is 19.8 Å². The minimum atomic E-state index is 0.333. The molecule has 1 aromatic carbocycles. The zero-order valence-electron chi connectivity index (χ0n) is 10.3. The molecule has 0 aromatic heterocycles. The Morgan fingerprint density at radius 3 is 2.75 bits per heavy atom. The molecule has 0 amide bonds. The molecule has 1 unspecified atom stereocenters. The summed E-state index contributed by atoms with van der Waals surface area (Å²) in [7, 11) is 3.42. The molecule has 0 aliphatic heterocycles. The van der Waals surface area contributed by atoms with Crippen molar-refractivity contribution in [3.8, 4) is 5.75 Å². The fraction of sp³-hybridized carbons (Fsp3) is 0.538. The molecule has 90 valence electrons. The van der Waals surface area contributed by atoms with Crippen molar-refractivity contribution in [2.75, 3.05) is 27.4 Å². The van der Waals surface area contributed by atoms with E-state index < -0.39 is 0 Å². The minimum absolute atomic E-state index is 0.333. The van der Waals surface area contributed by atoms with Crippen molar-refractivity contribution >= 4 is 0 Å². The normalized spacial score (nSPS) is 12.4. The lowest BCUT2D eigenvalue weighted by Crippen LogP contribution is -2.22. The molecule has 3 heteroatoms. The van der Waals surface area contributed by atoms with Crippen LogP contribution in [0, 0.1) is 0 Å². The third-order valence-corrected chi connectivity index (χ3v) is 2.56. The highest BCUT2D eigenvalue weighted by atomic mass is 16.5. The Hall–Kier alpha value is -1.06. The molecule has 0 aliphatic rings. The third-order valence-electron chi connectivity index (χ3n) is 2.56. The molecular weight excluding hydrogens is 202 g/mol. The van der Waals surface area contributed by atoms with Gasteiger partial charge in [0.15, 0.2) is 0 Å². The molecule has 1 rings (SSSR count).